The summed E-state index contributed by atoms with van der Waals surface area (Å²) in [5.41, 5.74) is 1.74. The maximum Gasteiger partial charge on any atom is 0.264 e. The molecule has 1 N–H and O–H groups in total. The second-order valence-corrected chi connectivity index (χ2v) is 14.0. The van der Waals surface area contributed by atoms with Crippen LogP contribution in [0.3, 0.4) is 0 Å². The quantitative estimate of drug-likeness (QED) is 0.231. The van der Waals surface area contributed by atoms with Crippen molar-refractivity contribution in [3.05, 3.63) is 92.9 Å². The Morgan fingerprint density at radius 1 is 0.930 bits per heavy atom. The molecule has 0 heterocycles. The van der Waals surface area contributed by atoms with Crippen molar-refractivity contribution < 1.29 is 18.0 Å². The molecule has 0 aliphatic heterocycles. The Hall–Kier alpha value is -2.78. The zero-order valence-electron chi connectivity index (χ0n) is 24.2. The fourth-order valence-corrected chi connectivity index (χ4v) is 7.34. The van der Waals surface area contributed by atoms with Crippen LogP contribution in [0.1, 0.15) is 56.6 Å². The molecule has 11 heteroatoms. The first-order chi connectivity index (χ1) is 20.5. The third kappa shape index (κ3) is 8.44. The lowest BCUT2D eigenvalue weighted by Crippen LogP contribution is -2.54. The molecule has 1 saturated carbocycles. The van der Waals surface area contributed by atoms with E-state index >= 15 is 0 Å². The van der Waals surface area contributed by atoms with Gasteiger partial charge in [0.15, 0.2) is 0 Å². The number of rotatable bonds is 11. The number of carbonyl (C=O) groups is 2. The van der Waals surface area contributed by atoms with Gasteiger partial charge in [0.05, 0.1) is 10.6 Å². The van der Waals surface area contributed by atoms with Crippen LogP contribution < -0.4 is 9.62 Å². The molecule has 0 radical (unpaired) electrons. The number of nitrogens with zero attached hydrogens (tertiary/aromatic N) is 2. The van der Waals surface area contributed by atoms with Gasteiger partial charge in [0, 0.05) is 27.7 Å². The second-order valence-electron chi connectivity index (χ2n) is 10.8. The summed E-state index contributed by atoms with van der Waals surface area (Å²) in [4.78, 5) is 29.3. The van der Waals surface area contributed by atoms with Crippen molar-refractivity contribution in [2.24, 2.45) is 0 Å². The van der Waals surface area contributed by atoms with Gasteiger partial charge in [-0.05, 0) is 85.8 Å². The van der Waals surface area contributed by atoms with Crippen molar-refractivity contribution in [2.75, 3.05) is 10.8 Å². The Morgan fingerprint density at radius 3 is 2.23 bits per heavy atom. The van der Waals surface area contributed by atoms with Crippen molar-refractivity contribution in [1.82, 2.24) is 10.2 Å². The summed E-state index contributed by atoms with van der Waals surface area (Å²) in [6.45, 7) is 3.13. The predicted octanol–water partition coefficient (Wildman–Crippen LogP) is 7.41. The van der Waals surface area contributed by atoms with Crippen molar-refractivity contribution in [3.63, 3.8) is 0 Å². The summed E-state index contributed by atoms with van der Waals surface area (Å²) in [6, 6.07) is 16.9. The Balaban J connectivity index is 1.73. The molecule has 3 aromatic rings. The minimum absolute atomic E-state index is 0.00587. The monoisotopic (exact) mass is 663 g/mol. The smallest absolute Gasteiger partial charge is 0.264 e. The number of amides is 2. The molecule has 0 saturated heterocycles. The molecule has 1 atom stereocenters. The molecular formula is C32H36Cl3N3O4S. The van der Waals surface area contributed by atoms with Crippen LogP contribution in [-0.2, 0) is 26.2 Å². The third-order valence-electron chi connectivity index (χ3n) is 7.66. The largest absolute Gasteiger partial charge is 0.352 e. The highest BCUT2D eigenvalue weighted by Crippen LogP contribution is 2.28. The van der Waals surface area contributed by atoms with Gasteiger partial charge in [-0.1, -0.05) is 79.2 Å². The lowest BCUT2D eigenvalue weighted by Gasteiger charge is -2.34. The van der Waals surface area contributed by atoms with Crippen LogP contribution >= 0.6 is 34.8 Å². The SMILES string of the molecule is CCC(C(=O)NC1CCCCC1)N(Cc1ccc(Cl)cc1Cl)C(=O)CN(c1cccc(C)c1)S(=O)(=O)c1ccc(Cl)cc1. The number of aryl methyl sites for hydroxylation is 1. The van der Waals surface area contributed by atoms with Crippen LogP contribution in [0.25, 0.3) is 0 Å². The summed E-state index contributed by atoms with van der Waals surface area (Å²) in [7, 11) is -4.20. The average molecular weight is 665 g/mol. The van der Waals surface area contributed by atoms with E-state index in [0.717, 1.165) is 42.0 Å². The fraction of sp³-hybridized carbons (Fsp3) is 0.375. The molecule has 4 rings (SSSR count). The van der Waals surface area contributed by atoms with Crippen LogP contribution in [0.2, 0.25) is 15.1 Å². The minimum Gasteiger partial charge on any atom is -0.352 e. The van der Waals surface area contributed by atoms with Crippen molar-refractivity contribution in [2.45, 2.75) is 75.9 Å². The van der Waals surface area contributed by atoms with E-state index in [1.807, 2.05) is 19.9 Å². The average Bonchev–Trinajstić information content (AvgIpc) is 2.97. The standard InChI is InChI=1S/C32H36Cl3N3O4S/c1-3-30(32(40)36-26-9-5-4-6-10-26)37(20-23-12-13-25(34)19-29(23)35)31(39)21-38(27-11-7-8-22(2)18-27)43(41,42)28-16-14-24(33)15-17-28/h7-8,11-19,26,30H,3-6,9-10,20-21H2,1-2H3,(H,36,40). The van der Waals surface area contributed by atoms with Crippen LogP contribution in [0.5, 0.6) is 0 Å². The van der Waals surface area contributed by atoms with Gasteiger partial charge >= 0.3 is 0 Å². The topological polar surface area (TPSA) is 86.8 Å². The second kappa shape index (κ2) is 14.8. The molecule has 7 nitrogen and oxygen atoms in total. The van der Waals surface area contributed by atoms with Crippen molar-refractivity contribution >= 4 is 62.3 Å². The summed E-state index contributed by atoms with van der Waals surface area (Å²) in [5.74, 6) is -0.814. The highest BCUT2D eigenvalue weighted by molar-refractivity contribution is 7.92. The van der Waals surface area contributed by atoms with Gasteiger partial charge in [0.1, 0.15) is 12.6 Å². The molecule has 0 spiro atoms. The lowest BCUT2D eigenvalue weighted by molar-refractivity contribution is -0.140. The zero-order valence-corrected chi connectivity index (χ0v) is 27.3. The Kier molecular flexibility index (Phi) is 11.4. The Morgan fingerprint density at radius 2 is 1.60 bits per heavy atom. The Bertz CT molecular complexity index is 1540. The van der Waals surface area contributed by atoms with E-state index in [1.54, 1.807) is 36.4 Å². The van der Waals surface area contributed by atoms with Gasteiger partial charge < -0.3 is 10.2 Å². The number of anilines is 1. The number of hydrogen-bond acceptors (Lipinski definition) is 4. The molecule has 43 heavy (non-hydrogen) atoms. The van der Waals surface area contributed by atoms with Crippen LogP contribution in [0, 0.1) is 6.92 Å². The summed E-state index contributed by atoms with van der Waals surface area (Å²) in [5, 5.41) is 4.31. The number of sulfonamides is 1. The first-order valence-corrected chi connectivity index (χ1v) is 17.0. The van der Waals surface area contributed by atoms with Crippen molar-refractivity contribution in [3.8, 4) is 0 Å². The molecule has 3 aromatic carbocycles. The number of hydrogen-bond donors (Lipinski definition) is 1. The van der Waals surface area contributed by atoms with E-state index in [2.05, 4.69) is 5.32 Å². The summed E-state index contributed by atoms with van der Waals surface area (Å²) < 4.78 is 29.1. The van der Waals surface area contributed by atoms with Crippen molar-refractivity contribution in [1.29, 1.82) is 0 Å². The van der Waals surface area contributed by atoms with E-state index in [-0.39, 0.29) is 23.4 Å². The van der Waals surface area contributed by atoms with Crippen LogP contribution in [0.4, 0.5) is 5.69 Å². The van der Waals surface area contributed by atoms with Gasteiger partial charge in [-0.25, -0.2) is 8.42 Å². The fourth-order valence-electron chi connectivity index (χ4n) is 5.34. The zero-order chi connectivity index (χ0) is 31.1. The molecule has 2 amide bonds. The lowest BCUT2D eigenvalue weighted by atomic mass is 9.95. The first kappa shape index (κ1) is 33.1. The van der Waals surface area contributed by atoms with E-state index in [4.69, 9.17) is 34.8 Å². The number of nitrogens with one attached hydrogen (secondary N) is 1. The molecule has 1 unspecified atom stereocenters. The van der Waals surface area contributed by atoms with E-state index in [1.165, 1.54) is 29.2 Å². The van der Waals surface area contributed by atoms with Gasteiger partial charge in [-0.2, -0.15) is 0 Å². The summed E-state index contributed by atoms with van der Waals surface area (Å²) in [6.07, 6.45) is 5.32. The predicted molar refractivity (Wildman–Crippen MR) is 173 cm³/mol. The van der Waals surface area contributed by atoms with E-state index in [9.17, 15) is 18.0 Å². The first-order valence-electron chi connectivity index (χ1n) is 14.4. The molecule has 1 fully saturated rings. The Labute approximate surface area is 269 Å². The number of carbonyl (C=O) groups excluding carboxylic acids is 2. The molecule has 230 valence electrons. The molecule has 1 aliphatic rings. The van der Waals surface area contributed by atoms with E-state index in [0.29, 0.717) is 32.7 Å². The van der Waals surface area contributed by atoms with Gasteiger partial charge in [-0.15, -0.1) is 0 Å². The molecule has 1 aliphatic carbocycles. The third-order valence-corrected chi connectivity index (χ3v) is 10.3. The highest BCUT2D eigenvalue weighted by Gasteiger charge is 2.34. The maximum atomic E-state index is 14.3. The number of halogens is 3. The van der Waals surface area contributed by atoms with Crippen LogP contribution in [0.15, 0.2) is 71.6 Å². The molecular weight excluding hydrogens is 629 g/mol. The summed E-state index contributed by atoms with van der Waals surface area (Å²) >= 11 is 18.7. The van der Waals surface area contributed by atoms with E-state index < -0.39 is 28.5 Å². The number of benzene rings is 3. The van der Waals surface area contributed by atoms with Gasteiger partial charge in [0.2, 0.25) is 11.8 Å². The van der Waals surface area contributed by atoms with Gasteiger partial charge in [-0.3, -0.25) is 13.9 Å². The highest BCUT2D eigenvalue weighted by atomic mass is 35.5. The molecule has 0 aromatic heterocycles. The minimum atomic E-state index is -4.20. The molecule has 0 bridgehead atoms. The maximum absolute atomic E-state index is 14.3. The van der Waals surface area contributed by atoms with Crippen LogP contribution in [-0.4, -0.2) is 43.8 Å². The van der Waals surface area contributed by atoms with Gasteiger partial charge in [0.25, 0.3) is 10.0 Å². The normalized spacial score (nSPS) is 14.6.